The van der Waals surface area contributed by atoms with E-state index in [2.05, 4.69) is 27.1 Å². The van der Waals surface area contributed by atoms with Crippen molar-refractivity contribution in [1.29, 1.82) is 0 Å². The average molecular weight is 346 g/mol. The smallest absolute Gasteiger partial charge is 0.255 e. The van der Waals surface area contributed by atoms with Crippen molar-refractivity contribution in [3.63, 3.8) is 0 Å². The molecule has 6 nitrogen and oxygen atoms in total. The van der Waals surface area contributed by atoms with E-state index < -0.39 is 0 Å². The van der Waals surface area contributed by atoms with E-state index in [9.17, 15) is 9.59 Å². The van der Waals surface area contributed by atoms with Crippen LogP contribution in [0.5, 0.6) is 0 Å². The zero-order valence-corrected chi connectivity index (χ0v) is 14.6. The van der Waals surface area contributed by atoms with E-state index in [0.717, 1.165) is 0 Å². The molecule has 26 heavy (non-hydrogen) atoms. The van der Waals surface area contributed by atoms with Crippen LogP contribution in [0.4, 0.5) is 0 Å². The first-order chi connectivity index (χ1) is 12.5. The van der Waals surface area contributed by atoms with E-state index in [1.165, 1.54) is 29.7 Å². The quantitative estimate of drug-likeness (QED) is 0.829. The molecule has 1 atom stereocenters. The number of likely N-dealkylation sites (N-methyl/N-ethyl adjacent to an activating group) is 1. The van der Waals surface area contributed by atoms with Gasteiger partial charge in [-0.2, -0.15) is 0 Å². The molecule has 0 aliphatic carbocycles. The summed E-state index contributed by atoms with van der Waals surface area (Å²) >= 11 is 0. The summed E-state index contributed by atoms with van der Waals surface area (Å²) < 4.78 is 0. The third kappa shape index (κ3) is 4.46. The van der Waals surface area contributed by atoms with Crippen molar-refractivity contribution in [2.75, 3.05) is 13.6 Å². The maximum atomic E-state index is 12.5. The molecule has 2 heterocycles. The van der Waals surface area contributed by atoms with E-state index >= 15 is 0 Å². The Morgan fingerprint density at radius 2 is 1.62 bits per heavy atom. The van der Waals surface area contributed by atoms with Gasteiger partial charge in [0.2, 0.25) is 0 Å². The molecule has 2 rings (SSSR count). The number of terminal acetylenes is 2. The van der Waals surface area contributed by atoms with E-state index in [0.29, 0.717) is 22.3 Å². The Morgan fingerprint density at radius 1 is 1.08 bits per heavy atom. The lowest BCUT2D eigenvalue weighted by Gasteiger charge is -2.25. The lowest BCUT2D eigenvalue weighted by atomic mass is 10.1. The Balaban J connectivity index is 1.99. The second-order valence-electron chi connectivity index (χ2n) is 5.69. The van der Waals surface area contributed by atoms with Gasteiger partial charge in [0.1, 0.15) is 0 Å². The van der Waals surface area contributed by atoms with Crippen molar-refractivity contribution in [1.82, 2.24) is 20.2 Å². The third-order valence-electron chi connectivity index (χ3n) is 3.86. The van der Waals surface area contributed by atoms with Gasteiger partial charge in [0.15, 0.2) is 0 Å². The summed E-state index contributed by atoms with van der Waals surface area (Å²) in [5, 5.41) is 2.77. The molecule has 6 heteroatoms. The van der Waals surface area contributed by atoms with Crippen molar-refractivity contribution < 1.29 is 9.59 Å². The van der Waals surface area contributed by atoms with E-state index in [1.807, 2.05) is 6.92 Å². The molecule has 0 aliphatic heterocycles. The van der Waals surface area contributed by atoms with Gasteiger partial charge >= 0.3 is 0 Å². The van der Waals surface area contributed by atoms with Gasteiger partial charge < -0.3 is 10.2 Å². The van der Waals surface area contributed by atoms with Crippen LogP contribution in [0.1, 0.15) is 38.8 Å². The molecule has 0 aliphatic rings. The fourth-order valence-electron chi connectivity index (χ4n) is 2.16. The van der Waals surface area contributed by atoms with Crippen LogP contribution in [0.25, 0.3) is 0 Å². The third-order valence-corrected chi connectivity index (χ3v) is 3.86. The van der Waals surface area contributed by atoms with Crippen LogP contribution in [0.15, 0.2) is 36.9 Å². The Morgan fingerprint density at radius 3 is 2.19 bits per heavy atom. The minimum absolute atomic E-state index is 0.229. The number of aromatic nitrogens is 2. The fourth-order valence-corrected chi connectivity index (χ4v) is 2.16. The van der Waals surface area contributed by atoms with E-state index in [1.54, 1.807) is 19.2 Å². The molecule has 0 spiro atoms. The van der Waals surface area contributed by atoms with Gasteiger partial charge in [0.25, 0.3) is 11.8 Å². The molecule has 1 N–H and O–H groups in total. The number of nitrogens with zero attached hydrogens (tertiary/aromatic N) is 3. The van der Waals surface area contributed by atoms with Crippen LogP contribution in [-0.4, -0.2) is 46.3 Å². The summed E-state index contributed by atoms with van der Waals surface area (Å²) in [7, 11) is 1.65. The predicted octanol–water partition coefficient (Wildman–Crippen LogP) is 1.33. The molecule has 0 unspecified atom stereocenters. The van der Waals surface area contributed by atoms with Crippen molar-refractivity contribution in [2.45, 2.75) is 13.0 Å². The van der Waals surface area contributed by atoms with Gasteiger partial charge in [-0.3, -0.25) is 19.6 Å². The van der Waals surface area contributed by atoms with Crippen LogP contribution >= 0.6 is 0 Å². The number of nitrogens with one attached hydrogen (secondary N) is 1. The number of carbonyl (C=O) groups is 2. The number of amides is 2. The van der Waals surface area contributed by atoms with Crippen LogP contribution < -0.4 is 5.32 Å². The second kappa shape index (κ2) is 8.46. The monoisotopic (exact) mass is 346 g/mol. The summed E-state index contributed by atoms with van der Waals surface area (Å²) in [5.74, 6) is 4.34. The number of hydrogen-bond acceptors (Lipinski definition) is 4. The molecule has 130 valence electrons. The summed E-state index contributed by atoms with van der Waals surface area (Å²) in [6.45, 7) is 2.09. The maximum absolute atomic E-state index is 12.5. The molecule has 0 saturated carbocycles. The minimum Gasteiger partial charge on any atom is -0.350 e. The second-order valence-corrected chi connectivity index (χ2v) is 5.69. The van der Waals surface area contributed by atoms with Crippen molar-refractivity contribution in [2.24, 2.45) is 0 Å². The molecular weight excluding hydrogens is 328 g/mol. The van der Waals surface area contributed by atoms with Crippen LogP contribution in [-0.2, 0) is 0 Å². The Labute approximate surface area is 152 Å². The molecular formula is C20H18N4O2. The Bertz CT molecular complexity index is 909. The highest BCUT2D eigenvalue weighted by atomic mass is 16.2. The molecule has 2 amide bonds. The molecule has 2 aromatic heterocycles. The zero-order chi connectivity index (χ0) is 19.1. The van der Waals surface area contributed by atoms with Crippen LogP contribution in [0.2, 0.25) is 0 Å². The van der Waals surface area contributed by atoms with E-state index in [4.69, 9.17) is 12.8 Å². The Hall–Kier alpha value is -3.64. The largest absolute Gasteiger partial charge is 0.350 e. The molecule has 0 aromatic carbocycles. The van der Waals surface area contributed by atoms with Crippen LogP contribution in [0.3, 0.4) is 0 Å². The van der Waals surface area contributed by atoms with Gasteiger partial charge in [-0.1, -0.05) is 11.8 Å². The molecule has 0 bridgehead atoms. The summed E-state index contributed by atoms with van der Waals surface area (Å²) in [6.07, 6.45) is 16.6. The van der Waals surface area contributed by atoms with Gasteiger partial charge in [0, 0.05) is 55.5 Å². The van der Waals surface area contributed by atoms with Crippen molar-refractivity contribution in [3.05, 3.63) is 59.2 Å². The number of hydrogen-bond donors (Lipinski definition) is 1. The number of carbonyl (C=O) groups excluding carboxylic acids is 2. The van der Waals surface area contributed by atoms with Gasteiger partial charge in [-0.05, 0) is 19.1 Å². The SMILES string of the molecule is C#Cc1cncc(C(=O)NC[C@H](C)N(C)C(=O)c2cncc(C#C)c2)c1. The summed E-state index contributed by atoms with van der Waals surface area (Å²) in [6, 6.07) is 2.94. The highest BCUT2D eigenvalue weighted by molar-refractivity contribution is 5.95. The first kappa shape index (κ1) is 18.7. The lowest BCUT2D eigenvalue weighted by molar-refractivity contribution is 0.0731. The van der Waals surface area contributed by atoms with Gasteiger partial charge in [0.05, 0.1) is 11.1 Å². The summed E-state index contributed by atoms with van der Waals surface area (Å²) in [5.41, 5.74) is 1.82. The molecule has 0 saturated heterocycles. The van der Waals surface area contributed by atoms with Crippen molar-refractivity contribution >= 4 is 11.8 Å². The molecule has 2 aromatic rings. The Kier molecular flexibility index (Phi) is 6.08. The normalized spacial score (nSPS) is 10.9. The first-order valence-corrected chi connectivity index (χ1v) is 7.85. The fraction of sp³-hybridized carbons (Fsp3) is 0.200. The van der Waals surface area contributed by atoms with Crippen LogP contribution in [0, 0.1) is 24.7 Å². The van der Waals surface area contributed by atoms with Gasteiger partial charge in [-0.15, -0.1) is 12.8 Å². The standard InChI is InChI=1S/C20H18N4O2/c1-5-15-7-17(12-21-10-15)19(25)23-9-14(3)24(4)20(26)18-8-16(6-2)11-22-13-18/h1-2,7-8,10-14H,9H2,3-4H3,(H,23,25)/t14-/m0/s1. The number of rotatable bonds is 5. The lowest BCUT2D eigenvalue weighted by Crippen LogP contribution is -2.43. The first-order valence-electron chi connectivity index (χ1n) is 7.85. The number of pyridine rings is 2. The minimum atomic E-state index is -0.307. The highest BCUT2D eigenvalue weighted by Crippen LogP contribution is 2.08. The van der Waals surface area contributed by atoms with E-state index in [-0.39, 0.29) is 24.4 Å². The molecule has 0 fully saturated rings. The zero-order valence-electron chi connectivity index (χ0n) is 14.6. The summed E-state index contributed by atoms with van der Waals surface area (Å²) in [4.78, 5) is 34.2. The average Bonchev–Trinajstić information content (AvgIpc) is 2.70. The maximum Gasteiger partial charge on any atom is 0.255 e. The highest BCUT2D eigenvalue weighted by Gasteiger charge is 2.19. The van der Waals surface area contributed by atoms with Crippen molar-refractivity contribution in [3.8, 4) is 24.7 Å². The topological polar surface area (TPSA) is 75.2 Å². The predicted molar refractivity (Wildman–Crippen MR) is 98.2 cm³/mol. The van der Waals surface area contributed by atoms with Gasteiger partial charge in [-0.25, -0.2) is 0 Å². The molecule has 0 radical (unpaired) electrons.